The van der Waals surface area contributed by atoms with Crippen LogP contribution in [0.2, 0.25) is 0 Å². The van der Waals surface area contributed by atoms with Crippen molar-refractivity contribution >= 4 is 11.8 Å². The molecule has 0 aromatic carbocycles. The maximum absolute atomic E-state index is 14.4. The van der Waals surface area contributed by atoms with Gasteiger partial charge in [0.2, 0.25) is 11.8 Å². The van der Waals surface area contributed by atoms with Gasteiger partial charge < -0.3 is 20.1 Å². The van der Waals surface area contributed by atoms with Gasteiger partial charge in [-0.25, -0.2) is 9.37 Å². The number of piperidine rings is 1. The molecule has 3 fully saturated rings. The third-order valence-electron chi connectivity index (χ3n) is 8.61. The Bertz CT molecular complexity index is 1240. The first-order valence-corrected chi connectivity index (χ1v) is 13.1. The summed E-state index contributed by atoms with van der Waals surface area (Å²) in [6.07, 6.45) is -1.21. The first-order chi connectivity index (χ1) is 18.4. The predicted octanol–water partition coefficient (Wildman–Crippen LogP) is 3.75. The predicted molar refractivity (Wildman–Crippen MR) is 130 cm³/mol. The Morgan fingerprint density at radius 1 is 1.18 bits per heavy atom. The van der Waals surface area contributed by atoms with Crippen molar-refractivity contribution in [2.45, 2.75) is 81.1 Å². The number of ether oxygens (including phenoxy) is 1. The van der Waals surface area contributed by atoms with Crippen LogP contribution in [0.25, 0.3) is 11.3 Å². The second-order valence-corrected chi connectivity index (χ2v) is 10.9. The van der Waals surface area contributed by atoms with Crippen molar-refractivity contribution in [1.29, 1.82) is 0 Å². The van der Waals surface area contributed by atoms with E-state index >= 15 is 0 Å². The Morgan fingerprint density at radius 3 is 2.51 bits per heavy atom. The fourth-order valence-corrected chi connectivity index (χ4v) is 6.08. The first kappa shape index (κ1) is 27.4. The lowest BCUT2D eigenvalue weighted by Gasteiger charge is -2.54. The van der Waals surface area contributed by atoms with Crippen LogP contribution in [0, 0.1) is 11.7 Å². The normalized spacial score (nSPS) is 26.7. The molecule has 0 unspecified atom stereocenters. The highest BCUT2D eigenvalue weighted by Gasteiger charge is 2.55. The Labute approximate surface area is 222 Å². The molecular formula is C26H31F4N5O4. The standard InChI is InChI=1S/C26H31F4N5O4/c1-39-21-11-17(18(27)14-31-21)19-12-20(34-33-19)23(37)35-10-5-15(13-24(35)6-2-7-24)22(36)32-16-3-8-25(38,9-4-16)26(28,29)30/h11-12,14-16,38H,2-10,13H2,1H3,(H,32,36)(H,33,34)/t15-,16-,25-/m0/s1. The summed E-state index contributed by atoms with van der Waals surface area (Å²) in [5.74, 6) is -1.28. The molecule has 1 spiro atoms. The molecule has 2 amide bonds. The maximum atomic E-state index is 14.4. The second-order valence-electron chi connectivity index (χ2n) is 10.9. The minimum absolute atomic E-state index is 0.0513. The van der Waals surface area contributed by atoms with E-state index in [9.17, 15) is 32.3 Å². The van der Waals surface area contributed by atoms with Crippen molar-refractivity contribution < 1.29 is 37.0 Å². The monoisotopic (exact) mass is 553 g/mol. The van der Waals surface area contributed by atoms with Gasteiger partial charge in [0.25, 0.3) is 5.91 Å². The van der Waals surface area contributed by atoms with Gasteiger partial charge in [0.1, 0.15) is 0 Å². The zero-order valence-electron chi connectivity index (χ0n) is 21.5. The van der Waals surface area contributed by atoms with Gasteiger partial charge in [-0.1, -0.05) is 0 Å². The number of alkyl halides is 3. The summed E-state index contributed by atoms with van der Waals surface area (Å²) < 4.78 is 58.7. The molecule has 1 atom stereocenters. The lowest BCUT2D eigenvalue weighted by Crippen LogP contribution is -2.62. The highest BCUT2D eigenvalue weighted by Crippen LogP contribution is 2.47. The van der Waals surface area contributed by atoms with E-state index in [-0.39, 0.29) is 47.7 Å². The van der Waals surface area contributed by atoms with Crippen LogP contribution in [0.5, 0.6) is 5.88 Å². The van der Waals surface area contributed by atoms with Crippen LogP contribution in [-0.4, -0.2) is 74.0 Å². The number of amides is 2. The van der Waals surface area contributed by atoms with Crippen LogP contribution in [0.4, 0.5) is 17.6 Å². The lowest BCUT2D eigenvalue weighted by molar-refractivity contribution is -0.270. The SMILES string of the molecule is COc1cc(-c2cc(C(=O)N3CC[C@H](C(=O)N[C@H]4CC[C@@](O)(C(F)(F)F)CC4)CC34CCC4)n[nH]2)c(F)cn1. The van der Waals surface area contributed by atoms with Crippen molar-refractivity contribution in [3.05, 3.63) is 29.8 Å². The maximum Gasteiger partial charge on any atom is 0.417 e. The van der Waals surface area contributed by atoms with Crippen LogP contribution in [-0.2, 0) is 4.79 Å². The van der Waals surface area contributed by atoms with Gasteiger partial charge in [-0.05, 0) is 63.9 Å². The Morgan fingerprint density at radius 2 is 1.90 bits per heavy atom. The number of halogens is 4. The molecule has 3 heterocycles. The fraction of sp³-hybridized carbons (Fsp3) is 0.615. The summed E-state index contributed by atoms with van der Waals surface area (Å²) in [7, 11) is 1.41. The van der Waals surface area contributed by atoms with Gasteiger partial charge >= 0.3 is 6.18 Å². The minimum atomic E-state index is -4.69. The average molecular weight is 554 g/mol. The summed E-state index contributed by atoms with van der Waals surface area (Å²) in [5.41, 5.74) is -2.59. The quantitative estimate of drug-likeness (QED) is 0.486. The molecule has 2 aromatic rings. The van der Waals surface area contributed by atoms with Crippen LogP contribution in [0.1, 0.15) is 68.3 Å². The number of carbonyl (C=O) groups is 2. The number of H-pyrrole nitrogens is 1. The molecule has 1 saturated heterocycles. The van der Waals surface area contributed by atoms with E-state index in [0.29, 0.717) is 25.1 Å². The van der Waals surface area contributed by atoms with Crippen molar-refractivity contribution in [2.24, 2.45) is 5.92 Å². The summed E-state index contributed by atoms with van der Waals surface area (Å²) >= 11 is 0. The largest absolute Gasteiger partial charge is 0.481 e. The molecule has 2 aromatic heterocycles. The number of methoxy groups -OCH3 is 1. The van der Waals surface area contributed by atoms with E-state index in [0.717, 1.165) is 25.5 Å². The van der Waals surface area contributed by atoms with E-state index in [1.54, 1.807) is 4.90 Å². The highest BCUT2D eigenvalue weighted by molar-refractivity contribution is 5.94. The fourth-order valence-electron chi connectivity index (χ4n) is 6.08. The number of pyridine rings is 1. The van der Waals surface area contributed by atoms with Crippen molar-refractivity contribution in [1.82, 2.24) is 25.4 Å². The van der Waals surface area contributed by atoms with Gasteiger partial charge in [0.15, 0.2) is 17.1 Å². The summed E-state index contributed by atoms with van der Waals surface area (Å²) in [5, 5.41) is 19.6. The topological polar surface area (TPSA) is 120 Å². The summed E-state index contributed by atoms with van der Waals surface area (Å²) in [6, 6.07) is 2.47. The number of carbonyl (C=O) groups excluding carboxylic acids is 2. The lowest BCUT2D eigenvalue weighted by atomic mass is 9.66. The zero-order chi connectivity index (χ0) is 28.0. The van der Waals surface area contributed by atoms with Crippen LogP contribution >= 0.6 is 0 Å². The number of rotatable bonds is 5. The van der Waals surface area contributed by atoms with Crippen molar-refractivity contribution in [3.63, 3.8) is 0 Å². The molecule has 9 nitrogen and oxygen atoms in total. The first-order valence-electron chi connectivity index (χ1n) is 13.1. The van der Waals surface area contributed by atoms with E-state index in [1.807, 2.05) is 0 Å². The molecule has 3 N–H and O–H groups in total. The molecule has 2 saturated carbocycles. The van der Waals surface area contributed by atoms with Gasteiger partial charge in [-0.15, -0.1) is 0 Å². The third kappa shape index (κ3) is 5.08. The highest BCUT2D eigenvalue weighted by atomic mass is 19.4. The van der Waals surface area contributed by atoms with Gasteiger partial charge in [0, 0.05) is 35.7 Å². The molecular weight excluding hydrogens is 522 g/mol. The van der Waals surface area contributed by atoms with Crippen LogP contribution in [0.3, 0.4) is 0 Å². The second kappa shape index (κ2) is 10.1. The third-order valence-corrected chi connectivity index (χ3v) is 8.61. The number of hydrogen-bond donors (Lipinski definition) is 3. The minimum Gasteiger partial charge on any atom is -0.481 e. The number of nitrogens with one attached hydrogen (secondary N) is 2. The number of aromatic amines is 1. The molecule has 212 valence electrons. The molecule has 39 heavy (non-hydrogen) atoms. The molecule has 0 radical (unpaired) electrons. The number of likely N-dealkylation sites (tertiary alicyclic amines) is 1. The molecule has 1 aliphatic heterocycles. The molecule has 5 rings (SSSR count). The van der Waals surface area contributed by atoms with Crippen molar-refractivity contribution in [2.75, 3.05) is 13.7 Å². The smallest absolute Gasteiger partial charge is 0.417 e. The molecule has 2 aliphatic carbocycles. The van der Waals surface area contributed by atoms with Crippen molar-refractivity contribution in [3.8, 4) is 17.1 Å². The molecule has 3 aliphatic rings. The summed E-state index contributed by atoms with van der Waals surface area (Å²) in [4.78, 5) is 32.1. The van der Waals surface area contributed by atoms with Gasteiger partial charge in [-0.3, -0.25) is 14.7 Å². The number of nitrogens with zero attached hydrogens (tertiary/aromatic N) is 3. The van der Waals surface area contributed by atoms with Gasteiger partial charge in [-0.2, -0.15) is 18.3 Å². The van der Waals surface area contributed by atoms with E-state index < -0.39 is 42.0 Å². The Balaban J connectivity index is 1.23. The van der Waals surface area contributed by atoms with E-state index in [4.69, 9.17) is 4.74 Å². The van der Waals surface area contributed by atoms with E-state index in [2.05, 4.69) is 20.5 Å². The van der Waals surface area contributed by atoms with E-state index in [1.165, 1.54) is 19.2 Å². The number of aromatic nitrogens is 3. The van der Waals surface area contributed by atoms with Gasteiger partial charge in [0.05, 0.1) is 19.0 Å². The average Bonchev–Trinajstić information content (AvgIpc) is 3.38. The van der Waals surface area contributed by atoms with Crippen LogP contribution in [0.15, 0.2) is 18.3 Å². The summed E-state index contributed by atoms with van der Waals surface area (Å²) in [6.45, 7) is 0.328. The number of hydrogen-bond acceptors (Lipinski definition) is 6. The zero-order valence-corrected chi connectivity index (χ0v) is 21.5. The van der Waals surface area contributed by atoms with Crippen LogP contribution < -0.4 is 10.1 Å². The molecule has 13 heteroatoms. The number of aliphatic hydroxyl groups is 1. The molecule has 0 bridgehead atoms. The Hall–Kier alpha value is -3.22. The Kier molecular flexibility index (Phi) is 7.06.